The van der Waals surface area contributed by atoms with Crippen LogP contribution in [0, 0.1) is 18.8 Å². The van der Waals surface area contributed by atoms with Gasteiger partial charge in [0.1, 0.15) is 11.8 Å². The van der Waals surface area contributed by atoms with Crippen LogP contribution in [0.25, 0.3) is 6.08 Å². The summed E-state index contributed by atoms with van der Waals surface area (Å²) in [5.41, 5.74) is 3.98. The fourth-order valence-electron chi connectivity index (χ4n) is 6.44. The number of aryl methyl sites for hydroxylation is 1. The van der Waals surface area contributed by atoms with Gasteiger partial charge in [-0.05, 0) is 53.8 Å². The van der Waals surface area contributed by atoms with Gasteiger partial charge in [0.15, 0.2) is 11.5 Å². The molecule has 0 radical (unpaired) electrons. The van der Waals surface area contributed by atoms with E-state index in [2.05, 4.69) is 0 Å². The lowest BCUT2D eigenvalue weighted by molar-refractivity contribution is -0.139. The molecule has 2 fully saturated rings. The zero-order chi connectivity index (χ0) is 27.7. The van der Waals surface area contributed by atoms with Gasteiger partial charge in [-0.3, -0.25) is 9.59 Å². The summed E-state index contributed by atoms with van der Waals surface area (Å²) in [7, 11) is 0. The first-order valence-electron chi connectivity index (χ1n) is 13.5. The Hall–Kier alpha value is -4.59. The molecular weight excluding hydrogens is 508 g/mol. The minimum Gasteiger partial charge on any atom is -0.454 e. The van der Waals surface area contributed by atoms with Crippen LogP contribution in [0.5, 0.6) is 17.2 Å². The highest BCUT2D eigenvalue weighted by Crippen LogP contribution is 2.50. The summed E-state index contributed by atoms with van der Waals surface area (Å²) in [5, 5.41) is 0. The van der Waals surface area contributed by atoms with Crippen LogP contribution in [0.1, 0.15) is 36.5 Å². The normalized spacial score (nSPS) is 23.9. The average Bonchev–Trinajstić information content (AvgIpc) is 3.61. The molecule has 2 saturated heterocycles. The molecule has 3 aromatic rings. The predicted octanol–water partition coefficient (Wildman–Crippen LogP) is 4.84. The van der Waals surface area contributed by atoms with Crippen LogP contribution in [-0.2, 0) is 14.4 Å². The highest BCUT2D eigenvalue weighted by atomic mass is 16.7. The molecule has 0 saturated carbocycles. The number of amides is 2. The van der Waals surface area contributed by atoms with Crippen molar-refractivity contribution in [3.63, 3.8) is 0 Å². The van der Waals surface area contributed by atoms with Gasteiger partial charge in [0.25, 0.3) is 0 Å². The van der Waals surface area contributed by atoms with Gasteiger partial charge >= 0.3 is 5.97 Å². The number of para-hydroxylation sites is 1. The van der Waals surface area contributed by atoms with Crippen LogP contribution < -0.4 is 24.0 Å². The highest BCUT2D eigenvalue weighted by Gasteiger charge is 2.65. The van der Waals surface area contributed by atoms with E-state index in [1.54, 1.807) is 18.2 Å². The summed E-state index contributed by atoms with van der Waals surface area (Å²) < 4.78 is 17.0. The zero-order valence-corrected chi connectivity index (χ0v) is 22.4. The number of fused-ring (bicyclic) bond motifs is 6. The Balaban J connectivity index is 1.31. The van der Waals surface area contributed by atoms with Crippen LogP contribution in [-0.4, -0.2) is 36.7 Å². The zero-order valence-electron chi connectivity index (χ0n) is 22.4. The standard InChI is InChI=1S/C32H28N2O6/c1-17(2)21-11-8-18(3)14-25(21)40-32(37)29-28-27(23-12-9-19-6-4-5-7-22(19)34(23)29)30(35)33(31(28)36)20-10-13-24-26(15-20)39-16-38-24/h4-15,17,23,27-29H,16H2,1-3H3/t23-,27+,28-,29+/m1/s1. The SMILES string of the molecule is Cc1ccc(C(C)C)c(OC(=O)[C@@H]2[C@@H]3C(=O)N(c4ccc5c(c4)OCO5)C(=O)[C@H]3[C@H]3C=Cc4ccccc4N32)c1. The first kappa shape index (κ1) is 24.5. The number of rotatable bonds is 4. The molecular formula is C32H28N2O6. The average molecular weight is 537 g/mol. The number of anilines is 2. The number of carbonyl (C=O) groups excluding carboxylic acids is 3. The summed E-state index contributed by atoms with van der Waals surface area (Å²) in [5.74, 6) is -1.36. The number of ether oxygens (including phenoxy) is 3. The molecule has 8 heteroatoms. The number of benzene rings is 3. The van der Waals surface area contributed by atoms with Crippen LogP contribution >= 0.6 is 0 Å². The fraction of sp³-hybridized carbons (Fsp3) is 0.281. The Morgan fingerprint density at radius 2 is 1.73 bits per heavy atom. The third-order valence-electron chi connectivity index (χ3n) is 8.27. The van der Waals surface area contributed by atoms with Crippen molar-refractivity contribution >= 4 is 35.2 Å². The van der Waals surface area contributed by atoms with E-state index >= 15 is 0 Å². The van der Waals surface area contributed by atoms with Crippen molar-refractivity contribution in [3.8, 4) is 17.2 Å². The molecule has 0 N–H and O–H groups in total. The maximum absolute atomic E-state index is 14.2. The Kier molecular flexibility index (Phi) is 5.49. The maximum atomic E-state index is 14.2. The van der Waals surface area contributed by atoms with E-state index in [0.717, 1.165) is 22.4 Å². The molecule has 8 nitrogen and oxygen atoms in total. The Morgan fingerprint density at radius 3 is 2.55 bits per heavy atom. The second kappa shape index (κ2) is 8.98. The molecule has 4 heterocycles. The Labute approximate surface area is 231 Å². The van der Waals surface area contributed by atoms with E-state index in [0.29, 0.717) is 22.9 Å². The molecule has 4 aliphatic heterocycles. The first-order valence-corrected chi connectivity index (χ1v) is 13.5. The van der Waals surface area contributed by atoms with Gasteiger partial charge in [-0.2, -0.15) is 0 Å². The topological polar surface area (TPSA) is 85.4 Å². The molecule has 4 atom stereocenters. The monoisotopic (exact) mass is 536 g/mol. The van der Waals surface area contributed by atoms with Crippen molar-refractivity contribution in [2.24, 2.45) is 11.8 Å². The van der Waals surface area contributed by atoms with Gasteiger partial charge in [-0.15, -0.1) is 0 Å². The third kappa shape index (κ3) is 3.55. The van der Waals surface area contributed by atoms with Crippen LogP contribution in [0.3, 0.4) is 0 Å². The number of nitrogens with zero attached hydrogens (tertiary/aromatic N) is 2. The number of hydrogen-bond donors (Lipinski definition) is 0. The summed E-state index contributed by atoms with van der Waals surface area (Å²) in [6.45, 7) is 6.10. The molecule has 2 amide bonds. The summed E-state index contributed by atoms with van der Waals surface area (Å²) in [4.78, 5) is 45.4. The van der Waals surface area contributed by atoms with E-state index in [-0.39, 0.29) is 18.6 Å². The van der Waals surface area contributed by atoms with Gasteiger partial charge in [0.2, 0.25) is 18.6 Å². The molecule has 0 aliphatic carbocycles. The second-order valence-electron chi connectivity index (χ2n) is 11.0. The van der Waals surface area contributed by atoms with Crippen molar-refractivity contribution in [3.05, 3.63) is 83.4 Å². The van der Waals surface area contributed by atoms with Crippen molar-refractivity contribution in [1.82, 2.24) is 0 Å². The Bertz CT molecular complexity index is 1610. The maximum Gasteiger partial charge on any atom is 0.335 e. The molecule has 0 spiro atoms. The van der Waals surface area contributed by atoms with Crippen molar-refractivity contribution in [2.45, 2.75) is 38.8 Å². The molecule has 0 bridgehead atoms. The van der Waals surface area contributed by atoms with Crippen molar-refractivity contribution in [1.29, 1.82) is 0 Å². The van der Waals surface area contributed by atoms with E-state index in [1.807, 2.05) is 80.3 Å². The summed E-state index contributed by atoms with van der Waals surface area (Å²) >= 11 is 0. The van der Waals surface area contributed by atoms with Gasteiger partial charge in [0, 0.05) is 11.8 Å². The van der Waals surface area contributed by atoms with E-state index in [1.165, 1.54) is 4.90 Å². The largest absolute Gasteiger partial charge is 0.454 e. The van der Waals surface area contributed by atoms with Gasteiger partial charge < -0.3 is 19.1 Å². The van der Waals surface area contributed by atoms with E-state index in [4.69, 9.17) is 14.2 Å². The van der Waals surface area contributed by atoms with Crippen LogP contribution in [0.15, 0.2) is 66.7 Å². The number of imide groups is 1. The number of esters is 1. The van der Waals surface area contributed by atoms with E-state index in [9.17, 15) is 14.4 Å². The van der Waals surface area contributed by atoms with Gasteiger partial charge in [0.05, 0.1) is 23.6 Å². The van der Waals surface area contributed by atoms with Crippen LogP contribution in [0.2, 0.25) is 0 Å². The minimum absolute atomic E-state index is 0.0818. The second-order valence-corrected chi connectivity index (χ2v) is 11.0. The summed E-state index contributed by atoms with van der Waals surface area (Å²) in [6, 6.07) is 17.0. The molecule has 3 aromatic carbocycles. The van der Waals surface area contributed by atoms with Gasteiger partial charge in [-0.25, -0.2) is 9.69 Å². The summed E-state index contributed by atoms with van der Waals surface area (Å²) in [6.07, 6.45) is 3.88. The smallest absolute Gasteiger partial charge is 0.335 e. The number of carbonyl (C=O) groups is 3. The van der Waals surface area contributed by atoms with Crippen LogP contribution in [0.4, 0.5) is 11.4 Å². The fourth-order valence-corrected chi connectivity index (χ4v) is 6.44. The lowest BCUT2D eigenvalue weighted by Gasteiger charge is -2.36. The molecule has 7 rings (SSSR count). The quantitative estimate of drug-likeness (QED) is 0.268. The van der Waals surface area contributed by atoms with E-state index < -0.39 is 35.8 Å². The molecule has 4 aliphatic rings. The minimum atomic E-state index is -0.989. The molecule has 0 aromatic heterocycles. The van der Waals surface area contributed by atoms with Crippen molar-refractivity contribution < 1.29 is 28.6 Å². The third-order valence-corrected chi connectivity index (χ3v) is 8.27. The lowest BCUT2D eigenvalue weighted by Crippen LogP contribution is -2.50. The van der Waals surface area contributed by atoms with Crippen molar-refractivity contribution in [2.75, 3.05) is 16.6 Å². The molecule has 40 heavy (non-hydrogen) atoms. The number of hydrogen-bond acceptors (Lipinski definition) is 7. The molecule has 0 unspecified atom stereocenters. The first-order chi connectivity index (χ1) is 19.3. The predicted molar refractivity (Wildman–Crippen MR) is 148 cm³/mol. The highest BCUT2D eigenvalue weighted by molar-refractivity contribution is 6.24. The van der Waals surface area contributed by atoms with Gasteiger partial charge in [-0.1, -0.05) is 56.3 Å². The Morgan fingerprint density at radius 1 is 0.950 bits per heavy atom. The molecule has 202 valence electrons. The lowest BCUT2D eigenvalue weighted by atomic mass is 9.88.